The molecule has 1 aromatic rings. The van der Waals surface area contributed by atoms with Gasteiger partial charge >= 0.3 is 0 Å². The Kier molecular flexibility index (Phi) is 5.40. The monoisotopic (exact) mass is 265 g/mol. The molecule has 1 aliphatic rings. The molecule has 0 bridgehead atoms. The summed E-state index contributed by atoms with van der Waals surface area (Å²) in [4.78, 5) is 0. The molecule has 19 heavy (non-hydrogen) atoms. The Labute approximate surface area is 116 Å². The van der Waals surface area contributed by atoms with Crippen molar-refractivity contribution in [1.82, 2.24) is 9.78 Å². The molecule has 2 rings (SSSR count). The van der Waals surface area contributed by atoms with Gasteiger partial charge in [-0.2, -0.15) is 5.10 Å². The number of aromatic nitrogens is 2. The molecule has 108 valence electrons. The van der Waals surface area contributed by atoms with E-state index in [1.165, 1.54) is 29.8 Å². The first kappa shape index (κ1) is 14.5. The zero-order valence-corrected chi connectivity index (χ0v) is 12.3. The third-order valence-corrected chi connectivity index (χ3v) is 4.00. The molecule has 4 heteroatoms. The van der Waals surface area contributed by atoms with Crippen molar-refractivity contribution in [3.05, 3.63) is 17.0 Å². The second-order valence-corrected chi connectivity index (χ2v) is 5.26. The van der Waals surface area contributed by atoms with Crippen LogP contribution in [-0.4, -0.2) is 29.0 Å². The van der Waals surface area contributed by atoms with Gasteiger partial charge in [0.05, 0.1) is 11.8 Å². The molecule has 1 aromatic heterocycles. The van der Waals surface area contributed by atoms with E-state index in [9.17, 15) is 0 Å². The molecular weight excluding hydrogens is 238 g/mol. The lowest BCUT2D eigenvalue weighted by molar-refractivity contribution is 0.0992. The summed E-state index contributed by atoms with van der Waals surface area (Å²) in [5.41, 5.74) is 9.73. The summed E-state index contributed by atoms with van der Waals surface area (Å²) in [6.45, 7) is 7.00. The maximum absolute atomic E-state index is 5.73. The minimum atomic E-state index is 0.442. The summed E-state index contributed by atoms with van der Waals surface area (Å²) < 4.78 is 7.90. The van der Waals surface area contributed by atoms with Crippen LogP contribution in [0.1, 0.15) is 50.1 Å². The molecule has 1 aliphatic heterocycles. The molecule has 2 heterocycles. The largest absolute Gasteiger partial charge is 0.378 e. The zero-order chi connectivity index (χ0) is 13.7. The predicted molar refractivity (Wildman–Crippen MR) is 77.3 cm³/mol. The van der Waals surface area contributed by atoms with Gasteiger partial charge in [-0.15, -0.1) is 0 Å². The number of rotatable bonds is 7. The standard InChI is InChI=1S/C15H27N3O/c1-3-14-13(7-9-16)15(4-2)18(17-14)10-8-12-6-5-11-19-12/h12H,3-11,16H2,1-2H3. The number of aryl methyl sites for hydroxylation is 2. The zero-order valence-electron chi connectivity index (χ0n) is 12.3. The molecule has 1 unspecified atom stereocenters. The van der Waals surface area contributed by atoms with Gasteiger partial charge in [-0.1, -0.05) is 13.8 Å². The van der Waals surface area contributed by atoms with E-state index >= 15 is 0 Å². The SMILES string of the molecule is CCc1nn(CCC2CCCO2)c(CC)c1CCN. The minimum absolute atomic E-state index is 0.442. The molecule has 1 atom stereocenters. The van der Waals surface area contributed by atoms with Crippen molar-refractivity contribution >= 4 is 0 Å². The number of ether oxygens (including phenoxy) is 1. The Hall–Kier alpha value is -0.870. The highest BCUT2D eigenvalue weighted by Gasteiger charge is 2.18. The summed E-state index contributed by atoms with van der Waals surface area (Å²) in [6, 6.07) is 0. The van der Waals surface area contributed by atoms with Crippen molar-refractivity contribution in [3.8, 4) is 0 Å². The van der Waals surface area contributed by atoms with Crippen LogP contribution in [0.4, 0.5) is 0 Å². The third kappa shape index (κ3) is 3.37. The summed E-state index contributed by atoms with van der Waals surface area (Å²) in [5, 5.41) is 4.78. The Morgan fingerprint density at radius 3 is 2.79 bits per heavy atom. The maximum Gasteiger partial charge on any atom is 0.0657 e. The molecule has 1 saturated heterocycles. The lowest BCUT2D eigenvalue weighted by atomic mass is 10.1. The minimum Gasteiger partial charge on any atom is -0.378 e. The molecule has 0 radical (unpaired) electrons. The van der Waals surface area contributed by atoms with Crippen LogP contribution in [0.3, 0.4) is 0 Å². The first-order chi connectivity index (χ1) is 9.30. The van der Waals surface area contributed by atoms with Crippen molar-refractivity contribution in [2.75, 3.05) is 13.2 Å². The van der Waals surface area contributed by atoms with Gasteiger partial charge < -0.3 is 10.5 Å². The average molecular weight is 265 g/mol. The topological polar surface area (TPSA) is 53.1 Å². The number of nitrogens with zero attached hydrogens (tertiary/aromatic N) is 2. The van der Waals surface area contributed by atoms with Crippen molar-refractivity contribution < 1.29 is 4.74 Å². The lowest BCUT2D eigenvalue weighted by Gasteiger charge is -2.11. The molecule has 1 fully saturated rings. The number of hydrogen-bond donors (Lipinski definition) is 1. The van der Waals surface area contributed by atoms with Crippen LogP contribution < -0.4 is 5.73 Å². The van der Waals surface area contributed by atoms with Crippen molar-refractivity contribution in [2.24, 2.45) is 5.73 Å². The van der Waals surface area contributed by atoms with Crippen molar-refractivity contribution in [2.45, 2.75) is 65.0 Å². The average Bonchev–Trinajstić information content (AvgIpc) is 3.04. The molecule has 2 N–H and O–H groups in total. The second kappa shape index (κ2) is 7.06. The predicted octanol–water partition coefficient (Wildman–Crippen LogP) is 2.08. The first-order valence-electron chi connectivity index (χ1n) is 7.69. The lowest BCUT2D eigenvalue weighted by Crippen LogP contribution is -2.13. The van der Waals surface area contributed by atoms with E-state index in [2.05, 4.69) is 18.5 Å². The van der Waals surface area contributed by atoms with Gasteiger partial charge in [-0.25, -0.2) is 0 Å². The van der Waals surface area contributed by atoms with Crippen LogP contribution >= 0.6 is 0 Å². The van der Waals surface area contributed by atoms with E-state index in [0.717, 1.165) is 38.8 Å². The van der Waals surface area contributed by atoms with Crippen LogP contribution in [0.5, 0.6) is 0 Å². The van der Waals surface area contributed by atoms with Gasteiger partial charge in [-0.05, 0) is 50.6 Å². The highest BCUT2D eigenvalue weighted by atomic mass is 16.5. The Morgan fingerprint density at radius 1 is 1.37 bits per heavy atom. The van der Waals surface area contributed by atoms with Gasteiger partial charge in [0.1, 0.15) is 0 Å². The third-order valence-electron chi connectivity index (χ3n) is 4.00. The van der Waals surface area contributed by atoms with E-state index < -0.39 is 0 Å². The summed E-state index contributed by atoms with van der Waals surface area (Å²) in [6.07, 6.45) is 6.93. The van der Waals surface area contributed by atoms with Gasteiger partial charge in [0.2, 0.25) is 0 Å². The van der Waals surface area contributed by atoms with Gasteiger partial charge in [0.25, 0.3) is 0 Å². The van der Waals surface area contributed by atoms with E-state index in [0.29, 0.717) is 12.6 Å². The quantitative estimate of drug-likeness (QED) is 0.821. The highest BCUT2D eigenvalue weighted by Crippen LogP contribution is 2.20. The van der Waals surface area contributed by atoms with Crippen LogP contribution in [-0.2, 0) is 30.5 Å². The van der Waals surface area contributed by atoms with Gasteiger partial charge in [0.15, 0.2) is 0 Å². The maximum atomic E-state index is 5.73. The van der Waals surface area contributed by atoms with Crippen LogP contribution in [0.15, 0.2) is 0 Å². The Bertz CT molecular complexity index is 394. The highest BCUT2D eigenvalue weighted by molar-refractivity contribution is 5.27. The molecule has 0 spiro atoms. The van der Waals surface area contributed by atoms with Crippen LogP contribution in [0, 0.1) is 0 Å². The normalized spacial score (nSPS) is 19.2. The smallest absolute Gasteiger partial charge is 0.0657 e. The first-order valence-corrected chi connectivity index (χ1v) is 7.69. The van der Waals surface area contributed by atoms with E-state index in [1.807, 2.05) is 0 Å². The molecule has 0 saturated carbocycles. The van der Waals surface area contributed by atoms with Crippen LogP contribution in [0.2, 0.25) is 0 Å². The molecular formula is C15H27N3O. The second-order valence-electron chi connectivity index (χ2n) is 5.26. The Balaban J connectivity index is 2.09. The fourth-order valence-electron chi connectivity index (χ4n) is 3.02. The Morgan fingerprint density at radius 2 is 2.21 bits per heavy atom. The summed E-state index contributed by atoms with van der Waals surface area (Å²) >= 11 is 0. The van der Waals surface area contributed by atoms with E-state index in [-0.39, 0.29) is 0 Å². The molecule has 0 amide bonds. The summed E-state index contributed by atoms with van der Waals surface area (Å²) in [5.74, 6) is 0. The van der Waals surface area contributed by atoms with E-state index in [1.54, 1.807) is 0 Å². The molecule has 0 aliphatic carbocycles. The van der Waals surface area contributed by atoms with Crippen molar-refractivity contribution in [1.29, 1.82) is 0 Å². The van der Waals surface area contributed by atoms with Gasteiger partial charge in [-0.3, -0.25) is 4.68 Å². The fraction of sp³-hybridized carbons (Fsp3) is 0.800. The summed E-state index contributed by atoms with van der Waals surface area (Å²) in [7, 11) is 0. The molecule has 4 nitrogen and oxygen atoms in total. The van der Waals surface area contributed by atoms with Gasteiger partial charge in [0, 0.05) is 18.8 Å². The fourth-order valence-corrected chi connectivity index (χ4v) is 3.02. The van der Waals surface area contributed by atoms with Crippen molar-refractivity contribution in [3.63, 3.8) is 0 Å². The van der Waals surface area contributed by atoms with E-state index in [4.69, 9.17) is 15.6 Å². The number of nitrogens with two attached hydrogens (primary N) is 1. The van der Waals surface area contributed by atoms with Crippen LogP contribution in [0.25, 0.3) is 0 Å². The number of hydrogen-bond acceptors (Lipinski definition) is 3. The molecule has 0 aromatic carbocycles.